The van der Waals surface area contributed by atoms with E-state index in [9.17, 15) is 4.39 Å². The number of rotatable bonds is 4. The van der Waals surface area contributed by atoms with Gasteiger partial charge in [0.2, 0.25) is 0 Å². The Kier molecular flexibility index (Phi) is 3.84. The van der Waals surface area contributed by atoms with Crippen molar-refractivity contribution in [1.82, 2.24) is 15.3 Å². The molecular weight excluding hydrogens is 233 g/mol. The van der Waals surface area contributed by atoms with Gasteiger partial charge in [-0.2, -0.15) is 0 Å². The van der Waals surface area contributed by atoms with Crippen molar-refractivity contribution in [2.45, 2.75) is 13.5 Å². The molecule has 1 N–H and O–H groups in total. The van der Waals surface area contributed by atoms with Crippen molar-refractivity contribution >= 4 is 0 Å². The lowest BCUT2D eigenvalue weighted by Crippen LogP contribution is -2.06. The summed E-state index contributed by atoms with van der Waals surface area (Å²) in [7, 11) is 1.85. The molecule has 1 heterocycles. The summed E-state index contributed by atoms with van der Waals surface area (Å²) in [5, 5.41) is 3.00. The monoisotopic (exact) mass is 247 g/mol. The Balaban J connectivity index is 2.15. The predicted octanol–water partition coefficient (Wildman–Crippen LogP) is 2.44. The molecule has 0 saturated carbocycles. The first-order valence-corrected chi connectivity index (χ1v) is 5.58. The summed E-state index contributed by atoms with van der Waals surface area (Å²) < 4.78 is 18.5. The zero-order valence-electron chi connectivity index (χ0n) is 10.3. The number of aryl methyl sites for hydroxylation is 1. The molecule has 2 rings (SSSR count). The maximum atomic E-state index is 13.1. The summed E-state index contributed by atoms with van der Waals surface area (Å²) in [6, 6.07) is 4.57. The fourth-order valence-electron chi connectivity index (χ4n) is 1.47. The van der Waals surface area contributed by atoms with E-state index < -0.39 is 0 Å². The van der Waals surface area contributed by atoms with E-state index in [2.05, 4.69) is 15.3 Å². The minimum Gasteiger partial charge on any atom is -0.424 e. The molecule has 0 bridgehead atoms. The Labute approximate surface area is 105 Å². The summed E-state index contributed by atoms with van der Waals surface area (Å²) in [6.07, 6.45) is 3.35. The Bertz CT molecular complexity index is 528. The summed E-state index contributed by atoms with van der Waals surface area (Å²) in [5.74, 6) is 0.0822. The van der Waals surface area contributed by atoms with Crippen LogP contribution in [-0.2, 0) is 6.54 Å². The van der Waals surface area contributed by atoms with E-state index >= 15 is 0 Å². The number of aromatic nitrogens is 2. The van der Waals surface area contributed by atoms with Crippen molar-refractivity contribution in [3.8, 4) is 11.8 Å². The van der Waals surface area contributed by atoms with E-state index in [1.165, 1.54) is 12.1 Å². The first-order chi connectivity index (χ1) is 8.69. The first kappa shape index (κ1) is 12.4. The smallest absolute Gasteiger partial charge is 0.321 e. The van der Waals surface area contributed by atoms with Crippen LogP contribution in [0.4, 0.5) is 4.39 Å². The van der Waals surface area contributed by atoms with Gasteiger partial charge in [-0.05, 0) is 25.6 Å². The molecule has 0 aliphatic carbocycles. The molecule has 0 aliphatic rings. The van der Waals surface area contributed by atoms with Crippen LogP contribution in [0.25, 0.3) is 0 Å². The molecule has 18 heavy (non-hydrogen) atoms. The third-order valence-corrected chi connectivity index (χ3v) is 2.41. The second kappa shape index (κ2) is 5.55. The number of ether oxygens (including phenoxy) is 1. The van der Waals surface area contributed by atoms with Gasteiger partial charge < -0.3 is 10.1 Å². The quantitative estimate of drug-likeness (QED) is 0.901. The molecule has 0 fully saturated rings. The number of hydrogen-bond donors (Lipinski definition) is 1. The minimum absolute atomic E-state index is 0.212. The molecule has 0 spiro atoms. The standard InChI is InChI=1S/C13H14FN3O/c1-9-3-4-11(14)5-12(9)18-13-16-7-10(6-15-2)8-17-13/h3-5,7-8,15H,6H2,1-2H3. The molecule has 0 atom stereocenters. The van der Waals surface area contributed by atoms with E-state index in [0.717, 1.165) is 11.1 Å². The van der Waals surface area contributed by atoms with Crippen LogP contribution in [0.15, 0.2) is 30.6 Å². The summed E-state index contributed by atoms with van der Waals surface area (Å²) >= 11 is 0. The minimum atomic E-state index is -0.345. The lowest BCUT2D eigenvalue weighted by molar-refractivity contribution is 0.433. The Hall–Kier alpha value is -2.01. The number of halogens is 1. The van der Waals surface area contributed by atoms with E-state index in [4.69, 9.17) is 4.74 Å². The third-order valence-electron chi connectivity index (χ3n) is 2.41. The fourth-order valence-corrected chi connectivity index (χ4v) is 1.47. The molecule has 1 aromatic heterocycles. The molecule has 94 valence electrons. The normalized spacial score (nSPS) is 10.4. The molecule has 5 heteroatoms. The largest absolute Gasteiger partial charge is 0.424 e. The van der Waals surface area contributed by atoms with E-state index in [-0.39, 0.29) is 11.8 Å². The average molecular weight is 247 g/mol. The number of nitrogens with one attached hydrogen (secondary N) is 1. The maximum Gasteiger partial charge on any atom is 0.321 e. The third kappa shape index (κ3) is 3.01. The van der Waals surface area contributed by atoms with Gasteiger partial charge in [-0.15, -0.1) is 0 Å². The second-order valence-corrected chi connectivity index (χ2v) is 3.92. The lowest BCUT2D eigenvalue weighted by atomic mass is 10.2. The Morgan fingerprint density at radius 1 is 1.28 bits per heavy atom. The van der Waals surface area contributed by atoms with Crippen molar-refractivity contribution < 1.29 is 9.13 Å². The molecule has 1 aromatic carbocycles. The first-order valence-electron chi connectivity index (χ1n) is 5.58. The van der Waals surface area contributed by atoms with Crippen molar-refractivity contribution in [3.05, 3.63) is 47.5 Å². The van der Waals surface area contributed by atoms with Crippen molar-refractivity contribution in [2.75, 3.05) is 7.05 Å². The van der Waals surface area contributed by atoms with Crippen LogP contribution in [0.2, 0.25) is 0 Å². The zero-order chi connectivity index (χ0) is 13.0. The van der Waals surface area contributed by atoms with E-state index in [1.807, 2.05) is 14.0 Å². The highest BCUT2D eigenvalue weighted by atomic mass is 19.1. The Morgan fingerprint density at radius 2 is 2.00 bits per heavy atom. The number of benzene rings is 1. The zero-order valence-corrected chi connectivity index (χ0v) is 10.3. The molecule has 0 amide bonds. The molecule has 0 unspecified atom stereocenters. The highest BCUT2D eigenvalue weighted by Gasteiger charge is 2.05. The predicted molar refractivity (Wildman–Crippen MR) is 66.0 cm³/mol. The van der Waals surface area contributed by atoms with Crippen LogP contribution in [0.1, 0.15) is 11.1 Å². The number of hydrogen-bond acceptors (Lipinski definition) is 4. The van der Waals surface area contributed by atoms with E-state index in [1.54, 1.807) is 18.5 Å². The van der Waals surface area contributed by atoms with E-state index in [0.29, 0.717) is 12.3 Å². The second-order valence-electron chi connectivity index (χ2n) is 3.92. The van der Waals surface area contributed by atoms with Gasteiger partial charge in [-0.3, -0.25) is 0 Å². The Morgan fingerprint density at radius 3 is 2.67 bits per heavy atom. The lowest BCUT2D eigenvalue weighted by Gasteiger charge is -2.07. The molecule has 0 saturated heterocycles. The van der Waals surface area contributed by atoms with Crippen LogP contribution in [0, 0.1) is 12.7 Å². The van der Waals surface area contributed by atoms with Crippen LogP contribution in [0.3, 0.4) is 0 Å². The van der Waals surface area contributed by atoms with Crippen molar-refractivity contribution in [1.29, 1.82) is 0 Å². The van der Waals surface area contributed by atoms with Crippen molar-refractivity contribution in [3.63, 3.8) is 0 Å². The fraction of sp³-hybridized carbons (Fsp3) is 0.231. The molecule has 0 aliphatic heterocycles. The van der Waals surface area contributed by atoms with Gasteiger partial charge in [0.05, 0.1) is 0 Å². The van der Waals surface area contributed by atoms with Gasteiger partial charge in [0, 0.05) is 30.6 Å². The van der Waals surface area contributed by atoms with Gasteiger partial charge in [-0.1, -0.05) is 6.07 Å². The summed E-state index contributed by atoms with van der Waals surface area (Å²) in [5.41, 5.74) is 1.79. The van der Waals surface area contributed by atoms with Gasteiger partial charge in [0.1, 0.15) is 11.6 Å². The van der Waals surface area contributed by atoms with Gasteiger partial charge in [0.15, 0.2) is 0 Å². The van der Waals surface area contributed by atoms with Crippen LogP contribution in [-0.4, -0.2) is 17.0 Å². The SMILES string of the molecule is CNCc1cnc(Oc2cc(F)ccc2C)nc1. The topological polar surface area (TPSA) is 47.0 Å². The summed E-state index contributed by atoms with van der Waals surface area (Å²) in [4.78, 5) is 8.14. The molecule has 4 nitrogen and oxygen atoms in total. The highest BCUT2D eigenvalue weighted by Crippen LogP contribution is 2.23. The van der Waals surface area contributed by atoms with Crippen LogP contribution < -0.4 is 10.1 Å². The molecular formula is C13H14FN3O. The van der Waals surface area contributed by atoms with Gasteiger partial charge >= 0.3 is 6.01 Å². The molecule has 2 aromatic rings. The van der Waals surface area contributed by atoms with Gasteiger partial charge in [0.25, 0.3) is 0 Å². The van der Waals surface area contributed by atoms with Crippen LogP contribution in [0.5, 0.6) is 11.8 Å². The number of nitrogens with zero attached hydrogens (tertiary/aromatic N) is 2. The maximum absolute atomic E-state index is 13.1. The summed E-state index contributed by atoms with van der Waals surface area (Å²) in [6.45, 7) is 2.53. The average Bonchev–Trinajstić information content (AvgIpc) is 2.37. The van der Waals surface area contributed by atoms with Gasteiger partial charge in [-0.25, -0.2) is 14.4 Å². The highest BCUT2D eigenvalue weighted by molar-refractivity contribution is 5.34. The van der Waals surface area contributed by atoms with Crippen molar-refractivity contribution in [2.24, 2.45) is 0 Å². The van der Waals surface area contributed by atoms with Crippen LogP contribution >= 0.6 is 0 Å². The molecule has 0 radical (unpaired) electrons.